The minimum Gasteiger partial charge on any atom is -0.598 e. The fourth-order valence-corrected chi connectivity index (χ4v) is 3.55. The largest absolute Gasteiger partial charge is 0.598 e. The number of halogens is 1. The monoisotopic (exact) mass is 360 g/mol. The van der Waals surface area contributed by atoms with E-state index in [2.05, 4.69) is 33.9 Å². The summed E-state index contributed by atoms with van der Waals surface area (Å²) >= 11 is 4.68. The van der Waals surface area contributed by atoms with Gasteiger partial charge in [0.1, 0.15) is 16.1 Å². The minimum absolute atomic E-state index is 0.00600. The van der Waals surface area contributed by atoms with Crippen molar-refractivity contribution in [3.05, 3.63) is 17.5 Å². The van der Waals surface area contributed by atoms with Crippen LogP contribution in [-0.4, -0.2) is 44.1 Å². The Balaban J connectivity index is 2.20. The Hall–Kier alpha value is -0.600. The molecule has 0 radical (unpaired) electrons. The van der Waals surface area contributed by atoms with Crippen molar-refractivity contribution in [2.75, 3.05) is 18.5 Å². The van der Waals surface area contributed by atoms with E-state index in [9.17, 15) is 4.55 Å². The Bertz CT molecular complexity index is 534. The molecule has 2 atom stereocenters. The molecule has 0 amide bonds. The lowest BCUT2D eigenvalue weighted by Gasteiger charge is -2.49. The molecule has 1 aliphatic heterocycles. The third-order valence-corrected chi connectivity index (χ3v) is 5.65. The number of rotatable bonds is 6. The Labute approximate surface area is 146 Å². The average molecular weight is 361 g/mol. The lowest BCUT2D eigenvalue weighted by Crippen LogP contribution is -2.72. The van der Waals surface area contributed by atoms with Gasteiger partial charge in [0.15, 0.2) is 0 Å². The smallest absolute Gasteiger partial charge is 0.224 e. The lowest BCUT2D eigenvalue weighted by molar-refractivity contribution is -0.0779. The van der Waals surface area contributed by atoms with Gasteiger partial charge in [-0.2, -0.15) is 0 Å². The van der Waals surface area contributed by atoms with Crippen LogP contribution in [0.5, 0.6) is 0 Å². The van der Waals surface area contributed by atoms with Gasteiger partial charge in [0, 0.05) is 17.6 Å². The van der Waals surface area contributed by atoms with Crippen LogP contribution < -0.4 is 10.0 Å². The summed E-state index contributed by atoms with van der Waals surface area (Å²) in [6, 6.07) is 1.77. The number of ether oxygens (including phenoxy) is 1. The first-order chi connectivity index (χ1) is 10.6. The van der Waals surface area contributed by atoms with Gasteiger partial charge in [-0.3, -0.25) is 0 Å². The molecule has 0 spiro atoms. The van der Waals surface area contributed by atoms with Crippen molar-refractivity contribution in [2.45, 2.75) is 50.9 Å². The predicted octanol–water partition coefficient (Wildman–Crippen LogP) is 2.39. The van der Waals surface area contributed by atoms with Gasteiger partial charge < -0.3 is 14.6 Å². The molecule has 130 valence electrons. The van der Waals surface area contributed by atoms with Crippen LogP contribution in [0.1, 0.15) is 34.6 Å². The maximum atomic E-state index is 12.6. The summed E-state index contributed by atoms with van der Waals surface area (Å²) in [6.07, 6.45) is 1.61. The summed E-state index contributed by atoms with van der Waals surface area (Å²) in [5.74, 6) is 0.926. The van der Waals surface area contributed by atoms with E-state index in [1.54, 1.807) is 12.3 Å². The highest BCUT2D eigenvalue weighted by Crippen LogP contribution is 2.31. The maximum Gasteiger partial charge on any atom is 0.224 e. The van der Waals surface area contributed by atoms with Crippen LogP contribution in [-0.2, 0) is 16.1 Å². The van der Waals surface area contributed by atoms with E-state index in [4.69, 9.17) is 16.3 Å². The quantitative estimate of drug-likeness (QED) is 0.598. The summed E-state index contributed by atoms with van der Waals surface area (Å²) in [5, 5.41) is 3.60. The standard InChI is InChI=1S/C15H25ClN4O2S/c1-10(2)12(18-11-6-7-17-13(16)19-11)15(8-22-9-15)20-23(21)14(3,4)5/h6-7,10,12,20H,8-9H2,1-5H3,(H,17,18,19)/t12?,23-/m0/s1. The van der Waals surface area contributed by atoms with Gasteiger partial charge >= 0.3 is 0 Å². The van der Waals surface area contributed by atoms with Crippen molar-refractivity contribution >= 4 is 28.8 Å². The van der Waals surface area contributed by atoms with E-state index < -0.39 is 16.9 Å². The molecule has 6 nitrogen and oxygen atoms in total. The van der Waals surface area contributed by atoms with E-state index in [1.165, 1.54) is 0 Å². The van der Waals surface area contributed by atoms with E-state index >= 15 is 0 Å². The molecule has 2 rings (SSSR count). The fraction of sp³-hybridized carbons (Fsp3) is 0.733. The van der Waals surface area contributed by atoms with Gasteiger partial charge in [0.05, 0.1) is 19.3 Å². The Morgan fingerprint density at radius 1 is 1.39 bits per heavy atom. The van der Waals surface area contributed by atoms with E-state index in [0.717, 1.165) is 0 Å². The zero-order valence-corrected chi connectivity index (χ0v) is 15.8. The molecule has 0 bridgehead atoms. The first-order valence-corrected chi connectivity index (χ1v) is 9.19. The summed E-state index contributed by atoms with van der Waals surface area (Å²) in [6.45, 7) is 11.1. The topological polar surface area (TPSA) is 82.1 Å². The first kappa shape index (κ1) is 18.7. The highest BCUT2D eigenvalue weighted by molar-refractivity contribution is 7.90. The predicted molar refractivity (Wildman–Crippen MR) is 93.9 cm³/mol. The molecule has 23 heavy (non-hydrogen) atoms. The molecule has 1 aliphatic rings. The van der Waals surface area contributed by atoms with Crippen molar-refractivity contribution in [3.63, 3.8) is 0 Å². The lowest BCUT2D eigenvalue weighted by atomic mass is 9.82. The highest BCUT2D eigenvalue weighted by Gasteiger charge is 2.52. The SMILES string of the molecule is CC(C)C(Nc1ccnc(Cl)n1)C1(N[S@@+]([O-])C(C)(C)C)COC1. The normalized spacial score (nSPS) is 20.0. The van der Waals surface area contributed by atoms with Crippen LogP contribution in [0.25, 0.3) is 0 Å². The molecule has 1 fully saturated rings. The second-order valence-corrected chi connectivity index (χ2v) is 9.51. The van der Waals surface area contributed by atoms with E-state index in [-0.39, 0.29) is 22.0 Å². The molecular weight excluding hydrogens is 336 g/mol. The fourth-order valence-electron chi connectivity index (χ4n) is 2.48. The molecule has 0 aromatic carbocycles. The number of hydrogen-bond acceptors (Lipinski definition) is 6. The van der Waals surface area contributed by atoms with Gasteiger partial charge in [-0.25, -0.2) is 9.97 Å². The number of nitrogens with zero attached hydrogens (tertiary/aromatic N) is 2. The molecule has 0 saturated carbocycles. The Morgan fingerprint density at radius 2 is 2.04 bits per heavy atom. The van der Waals surface area contributed by atoms with E-state index in [0.29, 0.717) is 19.0 Å². The van der Waals surface area contributed by atoms with Crippen LogP contribution in [0, 0.1) is 5.92 Å². The second-order valence-electron chi connectivity index (χ2n) is 7.21. The average Bonchev–Trinajstić information content (AvgIpc) is 2.39. The molecule has 1 aromatic heterocycles. The van der Waals surface area contributed by atoms with Crippen LogP contribution in [0.4, 0.5) is 5.82 Å². The maximum absolute atomic E-state index is 12.6. The third kappa shape index (κ3) is 4.48. The van der Waals surface area contributed by atoms with E-state index in [1.807, 2.05) is 20.8 Å². The summed E-state index contributed by atoms with van der Waals surface area (Å²) < 4.78 is 21.0. The van der Waals surface area contributed by atoms with Crippen molar-refractivity contribution < 1.29 is 9.29 Å². The molecular formula is C15H25ClN4O2S. The summed E-state index contributed by atoms with van der Waals surface area (Å²) in [7, 11) is 0. The Morgan fingerprint density at radius 3 is 2.48 bits per heavy atom. The van der Waals surface area contributed by atoms with Crippen LogP contribution in [0.3, 0.4) is 0 Å². The highest BCUT2D eigenvalue weighted by atomic mass is 35.5. The Kier molecular flexibility index (Phi) is 5.79. The van der Waals surface area contributed by atoms with Gasteiger partial charge in [-0.15, -0.1) is 4.72 Å². The van der Waals surface area contributed by atoms with Crippen LogP contribution >= 0.6 is 11.6 Å². The second kappa shape index (κ2) is 7.11. The van der Waals surface area contributed by atoms with Gasteiger partial charge in [-0.05, 0) is 44.4 Å². The third-order valence-electron chi connectivity index (χ3n) is 3.76. The van der Waals surface area contributed by atoms with Crippen molar-refractivity contribution in [2.24, 2.45) is 5.92 Å². The molecule has 1 aromatic rings. The van der Waals surface area contributed by atoms with Crippen LogP contribution in [0.15, 0.2) is 12.3 Å². The number of aromatic nitrogens is 2. The van der Waals surface area contributed by atoms with Gasteiger partial charge in [0.2, 0.25) is 5.28 Å². The first-order valence-electron chi connectivity index (χ1n) is 7.66. The van der Waals surface area contributed by atoms with Crippen LogP contribution in [0.2, 0.25) is 5.28 Å². The number of hydrogen-bond donors (Lipinski definition) is 2. The van der Waals surface area contributed by atoms with Gasteiger partial charge in [-0.1, -0.05) is 13.8 Å². The number of anilines is 1. The van der Waals surface area contributed by atoms with Crippen molar-refractivity contribution in [1.82, 2.24) is 14.7 Å². The molecule has 2 N–H and O–H groups in total. The molecule has 0 aliphatic carbocycles. The number of nitrogens with one attached hydrogen (secondary N) is 2. The van der Waals surface area contributed by atoms with Crippen molar-refractivity contribution in [3.8, 4) is 0 Å². The zero-order chi connectivity index (χ0) is 17.3. The zero-order valence-electron chi connectivity index (χ0n) is 14.2. The molecule has 1 saturated heterocycles. The summed E-state index contributed by atoms with van der Waals surface area (Å²) in [4.78, 5) is 8.09. The molecule has 8 heteroatoms. The van der Waals surface area contributed by atoms with Gasteiger partial charge in [0.25, 0.3) is 0 Å². The van der Waals surface area contributed by atoms with Crippen molar-refractivity contribution in [1.29, 1.82) is 0 Å². The molecule has 1 unspecified atom stereocenters. The minimum atomic E-state index is -1.18. The molecule has 2 heterocycles. The summed E-state index contributed by atoms with van der Waals surface area (Å²) in [5.41, 5.74) is -0.399.